The number of hydrogen-bond donors (Lipinski definition) is 1. The first kappa shape index (κ1) is 14.5. The van der Waals surface area contributed by atoms with Crippen molar-refractivity contribution < 1.29 is 4.79 Å². The summed E-state index contributed by atoms with van der Waals surface area (Å²) in [7, 11) is 0. The van der Waals surface area contributed by atoms with Crippen molar-refractivity contribution in [3.8, 4) is 0 Å². The third kappa shape index (κ3) is 4.62. The van der Waals surface area contributed by atoms with Gasteiger partial charge in [0, 0.05) is 10.9 Å². The van der Waals surface area contributed by atoms with Gasteiger partial charge in [0.05, 0.1) is 13.1 Å². The Hall–Kier alpha value is -0.870. The molecule has 0 aliphatic heterocycles. The van der Waals surface area contributed by atoms with Crippen molar-refractivity contribution in [3.05, 3.63) is 22.4 Å². The van der Waals surface area contributed by atoms with Gasteiger partial charge in [-0.3, -0.25) is 9.69 Å². The van der Waals surface area contributed by atoms with E-state index in [-0.39, 0.29) is 5.91 Å². The van der Waals surface area contributed by atoms with Gasteiger partial charge in [-0.2, -0.15) is 0 Å². The SMILES string of the molecule is CCN(CC(=O)NCc1cccs1)C1CCCCC1. The molecule has 1 aliphatic carbocycles. The molecule has 0 atom stereocenters. The molecular weight excluding hydrogens is 256 g/mol. The molecule has 0 saturated heterocycles. The van der Waals surface area contributed by atoms with E-state index in [1.54, 1.807) is 11.3 Å². The van der Waals surface area contributed by atoms with Crippen LogP contribution in [-0.2, 0) is 11.3 Å². The number of thiophene rings is 1. The lowest BCUT2D eigenvalue weighted by molar-refractivity contribution is -0.123. The first-order chi connectivity index (χ1) is 9.29. The Morgan fingerprint density at radius 1 is 1.42 bits per heavy atom. The lowest BCUT2D eigenvalue weighted by Gasteiger charge is -2.32. The van der Waals surface area contributed by atoms with Crippen molar-refractivity contribution in [3.63, 3.8) is 0 Å². The maximum Gasteiger partial charge on any atom is 0.234 e. The number of nitrogens with one attached hydrogen (secondary N) is 1. The Bertz CT molecular complexity index is 372. The molecule has 0 radical (unpaired) electrons. The van der Waals surface area contributed by atoms with Crippen LogP contribution in [0.5, 0.6) is 0 Å². The monoisotopic (exact) mass is 280 g/mol. The standard InChI is InChI=1S/C15H24N2OS/c1-2-17(13-7-4-3-5-8-13)12-15(18)16-11-14-9-6-10-19-14/h6,9-10,13H,2-5,7-8,11-12H2,1H3,(H,16,18). The first-order valence-corrected chi connectivity index (χ1v) is 8.20. The number of carbonyl (C=O) groups is 1. The molecule has 106 valence electrons. The molecular formula is C15H24N2OS. The smallest absolute Gasteiger partial charge is 0.234 e. The Labute approximate surface area is 120 Å². The lowest BCUT2D eigenvalue weighted by atomic mass is 9.94. The third-order valence-electron chi connectivity index (χ3n) is 3.88. The van der Waals surface area contributed by atoms with E-state index in [1.807, 2.05) is 11.4 Å². The zero-order valence-electron chi connectivity index (χ0n) is 11.7. The number of nitrogens with zero attached hydrogens (tertiary/aromatic N) is 1. The average Bonchev–Trinajstić information content (AvgIpc) is 2.97. The number of amides is 1. The summed E-state index contributed by atoms with van der Waals surface area (Å²) < 4.78 is 0. The van der Waals surface area contributed by atoms with Crippen LogP contribution in [0.3, 0.4) is 0 Å². The summed E-state index contributed by atoms with van der Waals surface area (Å²) in [6.07, 6.45) is 6.51. The Kier molecular flexibility index (Phi) is 5.86. The molecule has 1 heterocycles. The summed E-state index contributed by atoms with van der Waals surface area (Å²) in [4.78, 5) is 15.6. The van der Waals surface area contributed by atoms with Crippen molar-refractivity contribution >= 4 is 17.2 Å². The number of hydrogen-bond acceptors (Lipinski definition) is 3. The quantitative estimate of drug-likeness (QED) is 0.868. The average molecular weight is 280 g/mol. The van der Waals surface area contributed by atoms with E-state index in [1.165, 1.54) is 37.0 Å². The summed E-state index contributed by atoms with van der Waals surface area (Å²) in [5, 5.41) is 5.06. The second-order valence-electron chi connectivity index (χ2n) is 5.21. The topological polar surface area (TPSA) is 32.3 Å². The first-order valence-electron chi connectivity index (χ1n) is 7.32. The van der Waals surface area contributed by atoms with E-state index in [0.29, 0.717) is 19.1 Å². The molecule has 1 aliphatic rings. The van der Waals surface area contributed by atoms with Gasteiger partial charge in [-0.1, -0.05) is 32.3 Å². The lowest BCUT2D eigenvalue weighted by Crippen LogP contribution is -2.43. The van der Waals surface area contributed by atoms with Crippen LogP contribution in [0.2, 0.25) is 0 Å². The molecule has 2 rings (SSSR count). The minimum Gasteiger partial charge on any atom is -0.350 e. The van der Waals surface area contributed by atoms with Crippen LogP contribution in [0.15, 0.2) is 17.5 Å². The highest BCUT2D eigenvalue weighted by Crippen LogP contribution is 2.22. The van der Waals surface area contributed by atoms with Gasteiger partial charge < -0.3 is 5.32 Å². The summed E-state index contributed by atoms with van der Waals surface area (Å²) in [6, 6.07) is 4.70. The van der Waals surface area contributed by atoms with Crippen molar-refractivity contribution in [1.82, 2.24) is 10.2 Å². The van der Waals surface area contributed by atoms with Gasteiger partial charge in [-0.15, -0.1) is 11.3 Å². The summed E-state index contributed by atoms with van der Waals surface area (Å²) in [5.74, 6) is 0.154. The van der Waals surface area contributed by atoms with E-state index >= 15 is 0 Å². The maximum absolute atomic E-state index is 12.0. The fraction of sp³-hybridized carbons (Fsp3) is 0.667. The second-order valence-corrected chi connectivity index (χ2v) is 6.24. The molecule has 1 saturated carbocycles. The van der Waals surface area contributed by atoms with E-state index in [9.17, 15) is 4.79 Å². The normalized spacial score (nSPS) is 16.7. The van der Waals surface area contributed by atoms with E-state index in [0.717, 1.165) is 6.54 Å². The molecule has 19 heavy (non-hydrogen) atoms. The highest BCUT2D eigenvalue weighted by Gasteiger charge is 2.21. The molecule has 3 nitrogen and oxygen atoms in total. The third-order valence-corrected chi connectivity index (χ3v) is 4.76. The number of rotatable bonds is 6. The minimum absolute atomic E-state index is 0.154. The fourth-order valence-corrected chi connectivity index (χ4v) is 3.43. The van der Waals surface area contributed by atoms with Crippen LogP contribution < -0.4 is 5.32 Å². The Morgan fingerprint density at radius 2 is 2.21 bits per heavy atom. The van der Waals surface area contributed by atoms with Gasteiger partial charge in [0.1, 0.15) is 0 Å². The Balaban J connectivity index is 1.75. The zero-order valence-corrected chi connectivity index (χ0v) is 12.5. The molecule has 1 N–H and O–H groups in total. The zero-order chi connectivity index (χ0) is 13.5. The van der Waals surface area contributed by atoms with Crippen molar-refractivity contribution in [1.29, 1.82) is 0 Å². The molecule has 0 unspecified atom stereocenters. The van der Waals surface area contributed by atoms with Gasteiger partial charge in [-0.05, 0) is 30.8 Å². The van der Waals surface area contributed by atoms with Gasteiger partial charge in [0.25, 0.3) is 0 Å². The molecule has 0 bridgehead atoms. The molecule has 4 heteroatoms. The van der Waals surface area contributed by atoms with E-state index in [4.69, 9.17) is 0 Å². The number of carbonyl (C=O) groups excluding carboxylic acids is 1. The van der Waals surface area contributed by atoms with Crippen LogP contribution >= 0.6 is 11.3 Å². The van der Waals surface area contributed by atoms with Crippen molar-refractivity contribution in [2.24, 2.45) is 0 Å². The molecule has 0 spiro atoms. The van der Waals surface area contributed by atoms with Gasteiger partial charge in [0.2, 0.25) is 5.91 Å². The maximum atomic E-state index is 12.0. The summed E-state index contributed by atoms with van der Waals surface area (Å²) in [5.41, 5.74) is 0. The largest absolute Gasteiger partial charge is 0.350 e. The van der Waals surface area contributed by atoms with Gasteiger partial charge in [-0.25, -0.2) is 0 Å². The van der Waals surface area contributed by atoms with Crippen LogP contribution in [-0.4, -0.2) is 29.9 Å². The summed E-state index contributed by atoms with van der Waals surface area (Å²) in [6.45, 7) is 4.34. The van der Waals surface area contributed by atoms with E-state index in [2.05, 4.69) is 23.2 Å². The molecule has 1 aromatic heterocycles. The predicted molar refractivity (Wildman–Crippen MR) is 80.3 cm³/mol. The molecule has 0 aromatic carbocycles. The number of likely N-dealkylation sites (N-methyl/N-ethyl adjacent to an activating group) is 1. The fourth-order valence-electron chi connectivity index (χ4n) is 2.78. The second kappa shape index (κ2) is 7.65. The van der Waals surface area contributed by atoms with E-state index < -0.39 is 0 Å². The Morgan fingerprint density at radius 3 is 2.84 bits per heavy atom. The molecule has 1 aromatic rings. The molecule has 1 fully saturated rings. The minimum atomic E-state index is 0.154. The highest BCUT2D eigenvalue weighted by molar-refractivity contribution is 7.09. The van der Waals surface area contributed by atoms with Crippen LogP contribution in [0.4, 0.5) is 0 Å². The molecule has 1 amide bonds. The van der Waals surface area contributed by atoms with Gasteiger partial charge in [0.15, 0.2) is 0 Å². The van der Waals surface area contributed by atoms with Crippen molar-refractivity contribution in [2.45, 2.75) is 51.6 Å². The summed E-state index contributed by atoms with van der Waals surface area (Å²) >= 11 is 1.69. The van der Waals surface area contributed by atoms with Gasteiger partial charge >= 0.3 is 0 Å². The van der Waals surface area contributed by atoms with Crippen LogP contribution in [0, 0.1) is 0 Å². The highest BCUT2D eigenvalue weighted by atomic mass is 32.1. The predicted octanol–water partition coefficient (Wildman–Crippen LogP) is 3.02. The van der Waals surface area contributed by atoms with Crippen LogP contribution in [0.1, 0.15) is 43.9 Å². The van der Waals surface area contributed by atoms with Crippen LogP contribution in [0.25, 0.3) is 0 Å². The van der Waals surface area contributed by atoms with Crippen molar-refractivity contribution in [2.75, 3.05) is 13.1 Å².